The van der Waals surface area contributed by atoms with Gasteiger partial charge in [0.2, 0.25) is 5.88 Å². The topological polar surface area (TPSA) is 22.1 Å². The van der Waals surface area contributed by atoms with E-state index >= 15 is 0 Å². The maximum absolute atomic E-state index is 12.5. The van der Waals surface area contributed by atoms with Crippen molar-refractivity contribution in [3.05, 3.63) is 36.0 Å². The number of pyridine rings is 1. The van der Waals surface area contributed by atoms with Gasteiger partial charge in [0.1, 0.15) is 12.8 Å². The predicted octanol–water partition coefficient (Wildman–Crippen LogP) is 3.82. The minimum Gasteiger partial charge on any atom is -0.474 e. The minimum absolute atomic E-state index is 0.210. The second-order valence-corrected chi connectivity index (χ2v) is 4.32. The third kappa shape index (κ3) is 3.84. The summed E-state index contributed by atoms with van der Waals surface area (Å²) >= 11 is 0. The summed E-state index contributed by atoms with van der Waals surface area (Å²) in [6.07, 6.45) is 10.0. The fourth-order valence-electron chi connectivity index (χ4n) is 2.01. The first-order chi connectivity index (χ1) is 8.38. The highest BCUT2D eigenvalue weighted by atomic mass is 19.1. The lowest BCUT2D eigenvalue weighted by molar-refractivity contribution is 0.170. The van der Waals surface area contributed by atoms with Crippen LogP contribution in [0, 0.1) is 0 Å². The van der Waals surface area contributed by atoms with E-state index in [1.54, 1.807) is 18.2 Å². The van der Waals surface area contributed by atoms with E-state index in [0.29, 0.717) is 11.6 Å². The summed E-state index contributed by atoms with van der Waals surface area (Å²) in [7, 11) is 0. The molecule has 0 N–H and O–H groups in total. The van der Waals surface area contributed by atoms with E-state index in [0.717, 1.165) is 32.1 Å². The Bertz CT molecular complexity index is 378. The van der Waals surface area contributed by atoms with E-state index in [1.165, 1.54) is 0 Å². The standard InChI is InChI=1S/C14H18FNO/c15-11-12-7-6-10-14(16-12)17-13-8-4-2-1-3-5-9-13/h1-2,6-7,10,13H,3-5,8-9,11H2/b2-1-. The number of rotatable bonds is 3. The molecule has 1 heterocycles. The predicted molar refractivity (Wildman–Crippen MR) is 65.7 cm³/mol. The molecule has 92 valence electrons. The Morgan fingerprint density at radius 3 is 3.00 bits per heavy atom. The highest BCUT2D eigenvalue weighted by molar-refractivity contribution is 5.15. The number of hydrogen-bond donors (Lipinski definition) is 0. The van der Waals surface area contributed by atoms with E-state index < -0.39 is 6.67 Å². The minimum atomic E-state index is -0.537. The Balaban J connectivity index is 1.96. The van der Waals surface area contributed by atoms with Gasteiger partial charge >= 0.3 is 0 Å². The number of alkyl halides is 1. The highest BCUT2D eigenvalue weighted by Crippen LogP contribution is 2.18. The summed E-state index contributed by atoms with van der Waals surface area (Å²) < 4.78 is 18.3. The van der Waals surface area contributed by atoms with Crippen LogP contribution >= 0.6 is 0 Å². The first kappa shape index (κ1) is 12.1. The Hall–Kier alpha value is -1.38. The molecule has 0 aromatic carbocycles. The van der Waals surface area contributed by atoms with Gasteiger partial charge in [-0.05, 0) is 38.2 Å². The SMILES string of the molecule is FCc1cccc(OC2CC/C=C\CCC2)n1. The zero-order chi connectivity index (χ0) is 11.9. The van der Waals surface area contributed by atoms with Crippen molar-refractivity contribution < 1.29 is 9.13 Å². The summed E-state index contributed by atoms with van der Waals surface area (Å²) in [4.78, 5) is 4.12. The van der Waals surface area contributed by atoms with Crippen LogP contribution in [-0.2, 0) is 6.67 Å². The monoisotopic (exact) mass is 235 g/mol. The highest BCUT2D eigenvalue weighted by Gasteiger charge is 2.11. The fraction of sp³-hybridized carbons (Fsp3) is 0.500. The van der Waals surface area contributed by atoms with E-state index in [2.05, 4.69) is 17.1 Å². The molecule has 2 rings (SSSR count). The van der Waals surface area contributed by atoms with E-state index in [-0.39, 0.29) is 6.10 Å². The second kappa shape index (κ2) is 6.38. The normalized spacial score (nSPS) is 22.5. The van der Waals surface area contributed by atoms with Gasteiger partial charge in [0, 0.05) is 6.07 Å². The number of ether oxygens (including phenoxy) is 1. The third-order valence-electron chi connectivity index (χ3n) is 2.92. The molecular weight excluding hydrogens is 217 g/mol. The van der Waals surface area contributed by atoms with Gasteiger partial charge < -0.3 is 4.74 Å². The number of nitrogens with zero attached hydrogens (tertiary/aromatic N) is 1. The molecule has 1 aromatic rings. The van der Waals surface area contributed by atoms with Gasteiger partial charge in [0.25, 0.3) is 0 Å². The Kier molecular flexibility index (Phi) is 4.54. The molecule has 0 bridgehead atoms. The molecule has 0 radical (unpaired) electrons. The molecule has 1 unspecified atom stereocenters. The molecule has 1 aromatic heterocycles. The quantitative estimate of drug-likeness (QED) is 0.743. The molecule has 1 atom stereocenters. The van der Waals surface area contributed by atoms with Crippen molar-refractivity contribution in [3.8, 4) is 5.88 Å². The van der Waals surface area contributed by atoms with Gasteiger partial charge in [-0.1, -0.05) is 18.2 Å². The lowest BCUT2D eigenvalue weighted by Gasteiger charge is -2.19. The van der Waals surface area contributed by atoms with Crippen molar-refractivity contribution in [2.75, 3.05) is 0 Å². The van der Waals surface area contributed by atoms with Gasteiger partial charge in [-0.3, -0.25) is 0 Å². The van der Waals surface area contributed by atoms with Crippen LogP contribution in [-0.4, -0.2) is 11.1 Å². The van der Waals surface area contributed by atoms with Crippen LogP contribution in [0.1, 0.15) is 37.8 Å². The van der Waals surface area contributed by atoms with Crippen LogP contribution in [0.4, 0.5) is 4.39 Å². The van der Waals surface area contributed by atoms with Crippen LogP contribution < -0.4 is 4.74 Å². The van der Waals surface area contributed by atoms with Gasteiger partial charge in [0.05, 0.1) is 5.69 Å². The molecular formula is C14H18FNO. The summed E-state index contributed by atoms with van der Waals surface area (Å²) in [5, 5.41) is 0. The molecule has 2 nitrogen and oxygen atoms in total. The van der Waals surface area contributed by atoms with Gasteiger partial charge in [0.15, 0.2) is 0 Å². The first-order valence-electron chi connectivity index (χ1n) is 6.22. The van der Waals surface area contributed by atoms with Crippen molar-refractivity contribution in [2.24, 2.45) is 0 Å². The smallest absolute Gasteiger partial charge is 0.213 e. The van der Waals surface area contributed by atoms with Crippen molar-refractivity contribution in [1.82, 2.24) is 4.98 Å². The average molecular weight is 235 g/mol. The van der Waals surface area contributed by atoms with Crippen LogP contribution in [0.3, 0.4) is 0 Å². The maximum Gasteiger partial charge on any atom is 0.213 e. The number of allylic oxidation sites excluding steroid dienone is 2. The second-order valence-electron chi connectivity index (χ2n) is 4.32. The summed E-state index contributed by atoms with van der Waals surface area (Å²) in [6.45, 7) is -0.537. The maximum atomic E-state index is 12.5. The fourth-order valence-corrected chi connectivity index (χ4v) is 2.01. The van der Waals surface area contributed by atoms with Crippen LogP contribution in [0.25, 0.3) is 0 Å². The van der Waals surface area contributed by atoms with Gasteiger partial charge in [-0.25, -0.2) is 9.37 Å². The molecule has 0 saturated carbocycles. The van der Waals surface area contributed by atoms with Crippen LogP contribution in [0.15, 0.2) is 30.4 Å². The Labute approximate surface area is 102 Å². The van der Waals surface area contributed by atoms with Gasteiger partial charge in [-0.15, -0.1) is 0 Å². The molecule has 0 saturated heterocycles. The van der Waals surface area contributed by atoms with E-state index in [1.807, 2.05) is 0 Å². The van der Waals surface area contributed by atoms with Crippen molar-refractivity contribution in [1.29, 1.82) is 0 Å². The molecule has 0 fully saturated rings. The summed E-state index contributed by atoms with van der Waals surface area (Å²) in [6, 6.07) is 5.27. The van der Waals surface area contributed by atoms with Crippen LogP contribution in [0.2, 0.25) is 0 Å². The summed E-state index contributed by atoms with van der Waals surface area (Å²) in [5.41, 5.74) is 0.438. The third-order valence-corrected chi connectivity index (χ3v) is 2.92. The molecule has 0 spiro atoms. The van der Waals surface area contributed by atoms with Crippen LogP contribution in [0.5, 0.6) is 5.88 Å². The lowest BCUT2D eigenvalue weighted by Crippen LogP contribution is -2.17. The summed E-state index contributed by atoms with van der Waals surface area (Å²) in [5.74, 6) is 0.551. The van der Waals surface area contributed by atoms with E-state index in [4.69, 9.17) is 4.74 Å². The van der Waals surface area contributed by atoms with E-state index in [9.17, 15) is 4.39 Å². The Morgan fingerprint density at radius 2 is 2.12 bits per heavy atom. The van der Waals surface area contributed by atoms with Crippen molar-refractivity contribution >= 4 is 0 Å². The number of hydrogen-bond acceptors (Lipinski definition) is 2. The molecule has 1 aliphatic rings. The molecule has 3 heteroatoms. The zero-order valence-corrected chi connectivity index (χ0v) is 9.94. The van der Waals surface area contributed by atoms with Gasteiger partial charge in [-0.2, -0.15) is 0 Å². The molecule has 1 aliphatic carbocycles. The average Bonchev–Trinajstić information content (AvgIpc) is 2.33. The molecule has 0 amide bonds. The Morgan fingerprint density at radius 1 is 1.24 bits per heavy atom. The largest absolute Gasteiger partial charge is 0.474 e. The molecule has 0 aliphatic heterocycles. The van der Waals surface area contributed by atoms with Crippen molar-refractivity contribution in [3.63, 3.8) is 0 Å². The lowest BCUT2D eigenvalue weighted by atomic mass is 10.0. The molecule has 17 heavy (non-hydrogen) atoms. The zero-order valence-electron chi connectivity index (χ0n) is 9.94. The number of aromatic nitrogens is 1. The number of halogens is 1. The van der Waals surface area contributed by atoms with Crippen molar-refractivity contribution in [2.45, 2.75) is 44.9 Å². The first-order valence-corrected chi connectivity index (χ1v) is 6.22.